The summed E-state index contributed by atoms with van der Waals surface area (Å²) in [6, 6.07) is 8.74. The molecule has 0 nitrogen and oxygen atoms in total. The standard InChI is InChI=1S/C19H30/c1-4-5-6-7-8-9-10-11-12-18(3)19-15-13-17(2)14-16-19/h13-16H,3-12H2,1-2H3. The fourth-order valence-electron chi connectivity index (χ4n) is 2.41. The van der Waals surface area contributed by atoms with Gasteiger partial charge in [-0.2, -0.15) is 0 Å². The van der Waals surface area contributed by atoms with Crippen molar-refractivity contribution in [2.24, 2.45) is 0 Å². The highest BCUT2D eigenvalue weighted by Gasteiger charge is 1.99. The molecule has 106 valence electrons. The van der Waals surface area contributed by atoms with E-state index in [4.69, 9.17) is 0 Å². The van der Waals surface area contributed by atoms with Gasteiger partial charge >= 0.3 is 0 Å². The minimum atomic E-state index is 1.15. The number of aryl methyl sites for hydroxylation is 1. The van der Waals surface area contributed by atoms with Crippen LogP contribution in [0.2, 0.25) is 0 Å². The highest BCUT2D eigenvalue weighted by molar-refractivity contribution is 5.63. The molecule has 0 spiro atoms. The number of benzene rings is 1. The van der Waals surface area contributed by atoms with Crippen LogP contribution < -0.4 is 0 Å². The van der Waals surface area contributed by atoms with Gasteiger partial charge in [-0.15, -0.1) is 0 Å². The molecular weight excluding hydrogens is 228 g/mol. The van der Waals surface area contributed by atoms with Crippen molar-refractivity contribution < 1.29 is 0 Å². The van der Waals surface area contributed by atoms with E-state index in [-0.39, 0.29) is 0 Å². The van der Waals surface area contributed by atoms with Gasteiger partial charge in [0.25, 0.3) is 0 Å². The van der Waals surface area contributed by atoms with Crippen molar-refractivity contribution in [2.45, 2.75) is 71.6 Å². The molecule has 0 heterocycles. The summed E-state index contributed by atoms with van der Waals surface area (Å²) in [7, 11) is 0. The lowest BCUT2D eigenvalue weighted by atomic mass is 9.99. The molecule has 0 N–H and O–H groups in total. The molecule has 0 aliphatic carbocycles. The third kappa shape index (κ3) is 7.20. The van der Waals surface area contributed by atoms with Gasteiger partial charge < -0.3 is 0 Å². The largest absolute Gasteiger partial charge is 0.0952 e. The number of hydrogen-bond acceptors (Lipinski definition) is 0. The molecule has 0 aliphatic heterocycles. The van der Waals surface area contributed by atoms with Crippen LogP contribution in [0, 0.1) is 6.92 Å². The van der Waals surface area contributed by atoms with Gasteiger partial charge in [-0.3, -0.25) is 0 Å². The van der Waals surface area contributed by atoms with Crippen LogP contribution in [0.1, 0.15) is 75.8 Å². The van der Waals surface area contributed by atoms with Crippen molar-refractivity contribution in [3.63, 3.8) is 0 Å². The summed E-state index contributed by atoms with van der Waals surface area (Å²) in [5.74, 6) is 0. The first-order valence-electron chi connectivity index (χ1n) is 7.99. The highest BCUT2D eigenvalue weighted by atomic mass is 14.0. The Morgan fingerprint density at radius 1 is 0.842 bits per heavy atom. The van der Waals surface area contributed by atoms with Crippen molar-refractivity contribution in [1.82, 2.24) is 0 Å². The minimum absolute atomic E-state index is 1.15. The van der Waals surface area contributed by atoms with E-state index in [1.54, 1.807) is 0 Å². The van der Waals surface area contributed by atoms with Crippen LogP contribution in [0.15, 0.2) is 30.8 Å². The molecule has 0 aromatic heterocycles. The maximum absolute atomic E-state index is 4.21. The molecule has 1 rings (SSSR count). The normalized spacial score (nSPS) is 10.6. The summed E-state index contributed by atoms with van der Waals surface area (Å²) in [5, 5.41) is 0. The van der Waals surface area contributed by atoms with Crippen LogP contribution in [-0.2, 0) is 0 Å². The fraction of sp³-hybridized carbons (Fsp3) is 0.579. The van der Waals surface area contributed by atoms with Crippen LogP contribution in [0.4, 0.5) is 0 Å². The Morgan fingerprint density at radius 3 is 1.95 bits per heavy atom. The van der Waals surface area contributed by atoms with Gasteiger partial charge in [0, 0.05) is 0 Å². The molecule has 0 saturated heterocycles. The van der Waals surface area contributed by atoms with E-state index >= 15 is 0 Å². The molecule has 0 aliphatic rings. The van der Waals surface area contributed by atoms with Gasteiger partial charge in [-0.1, -0.05) is 88.3 Å². The topological polar surface area (TPSA) is 0 Å². The van der Waals surface area contributed by atoms with Crippen LogP contribution in [0.5, 0.6) is 0 Å². The molecule has 0 unspecified atom stereocenters. The molecular formula is C19H30. The van der Waals surface area contributed by atoms with Gasteiger partial charge in [0.2, 0.25) is 0 Å². The molecule has 19 heavy (non-hydrogen) atoms. The van der Waals surface area contributed by atoms with Gasteiger partial charge in [-0.25, -0.2) is 0 Å². The lowest BCUT2D eigenvalue weighted by Gasteiger charge is -2.06. The number of rotatable bonds is 10. The lowest BCUT2D eigenvalue weighted by molar-refractivity contribution is 0.579. The Hall–Kier alpha value is -1.04. The zero-order chi connectivity index (χ0) is 13.9. The quantitative estimate of drug-likeness (QED) is 0.418. The van der Waals surface area contributed by atoms with Crippen molar-refractivity contribution in [3.8, 4) is 0 Å². The first-order valence-corrected chi connectivity index (χ1v) is 7.99. The second-order valence-electron chi connectivity index (χ2n) is 5.69. The Kier molecular flexibility index (Phi) is 8.29. The Bertz CT molecular complexity index is 345. The van der Waals surface area contributed by atoms with E-state index < -0.39 is 0 Å². The predicted octanol–water partition coefficient (Wildman–Crippen LogP) is 6.54. The molecule has 0 amide bonds. The van der Waals surface area contributed by atoms with Crippen molar-refractivity contribution >= 4 is 5.57 Å². The van der Waals surface area contributed by atoms with Crippen LogP contribution in [0.3, 0.4) is 0 Å². The van der Waals surface area contributed by atoms with E-state index in [0.717, 1.165) is 6.42 Å². The molecule has 0 atom stereocenters. The van der Waals surface area contributed by atoms with Crippen molar-refractivity contribution in [3.05, 3.63) is 42.0 Å². The molecule has 0 radical (unpaired) electrons. The monoisotopic (exact) mass is 258 g/mol. The summed E-state index contributed by atoms with van der Waals surface area (Å²) in [5.41, 5.74) is 3.93. The Labute approximate surface area is 119 Å². The maximum atomic E-state index is 4.21. The number of hydrogen-bond donors (Lipinski definition) is 0. The predicted molar refractivity (Wildman–Crippen MR) is 87.4 cm³/mol. The summed E-state index contributed by atoms with van der Waals surface area (Å²) in [6.07, 6.45) is 12.2. The summed E-state index contributed by atoms with van der Waals surface area (Å²) < 4.78 is 0. The molecule has 1 aromatic carbocycles. The van der Waals surface area contributed by atoms with Crippen LogP contribution >= 0.6 is 0 Å². The van der Waals surface area contributed by atoms with Crippen molar-refractivity contribution in [1.29, 1.82) is 0 Å². The lowest BCUT2D eigenvalue weighted by Crippen LogP contribution is -1.85. The van der Waals surface area contributed by atoms with Gasteiger partial charge in [0.1, 0.15) is 0 Å². The minimum Gasteiger partial charge on any atom is -0.0952 e. The average Bonchev–Trinajstić information content (AvgIpc) is 2.42. The summed E-state index contributed by atoms with van der Waals surface area (Å²) >= 11 is 0. The van der Waals surface area contributed by atoms with Crippen LogP contribution in [0.25, 0.3) is 5.57 Å². The SMILES string of the molecule is C=C(CCCCCCCCCC)c1ccc(C)cc1. The molecule has 0 bridgehead atoms. The number of unbranched alkanes of at least 4 members (excludes halogenated alkanes) is 7. The van der Waals surface area contributed by atoms with E-state index in [1.165, 1.54) is 68.1 Å². The van der Waals surface area contributed by atoms with E-state index in [9.17, 15) is 0 Å². The Morgan fingerprint density at radius 2 is 1.37 bits per heavy atom. The first kappa shape index (κ1) is 16.0. The third-order valence-corrected chi connectivity index (χ3v) is 3.79. The maximum Gasteiger partial charge on any atom is -0.0230 e. The average molecular weight is 258 g/mol. The number of allylic oxidation sites excluding steroid dienone is 1. The fourth-order valence-corrected chi connectivity index (χ4v) is 2.41. The zero-order valence-electron chi connectivity index (χ0n) is 12.9. The van der Waals surface area contributed by atoms with Gasteiger partial charge in [0.05, 0.1) is 0 Å². The Balaban J connectivity index is 2.06. The second-order valence-corrected chi connectivity index (χ2v) is 5.69. The first-order chi connectivity index (χ1) is 9.24. The molecule has 0 saturated carbocycles. The van der Waals surface area contributed by atoms with E-state index in [1.807, 2.05) is 0 Å². The highest BCUT2D eigenvalue weighted by Crippen LogP contribution is 2.20. The van der Waals surface area contributed by atoms with Crippen molar-refractivity contribution in [2.75, 3.05) is 0 Å². The summed E-state index contributed by atoms with van der Waals surface area (Å²) in [4.78, 5) is 0. The second kappa shape index (κ2) is 9.83. The molecule has 0 heteroatoms. The summed E-state index contributed by atoms with van der Waals surface area (Å²) in [6.45, 7) is 8.62. The third-order valence-electron chi connectivity index (χ3n) is 3.79. The molecule has 0 fully saturated rings. The smallest absolute Gasteiger partial charge is 0.0230 e. The zero-order valence-corrected chi connectivity index (χ0v) is 12.9. The van der Waals surface area contributed by atoms with Gasteiger partial charge in [0.15, 0.2) is 0 Å². The van der Waals surface area contributed by atoms with Gasteiger partial charge in [-0.05, 0) is 30.9 Å². The van der Waals surface area contributed by atoms with E-state index in [2.05, 4.69) is 44.7 Å². The molecule has 1 aromatic rings. The van der Waals surface area contributed by atoms with Crippen LogP contribution in [-0.4, -0.2) is 0 Å². The van der Waals surface area contributed by atoms with E-state index in [0.29, 0.717) is 0 Å².